The number of aromatic nitrogens is 1. The maximum Gasteiger partial charge on any atom is 0.0907 e. The molecule has 1 aromatic heterocycles. The highest BCUT2D eigenvalue weighted by Gasteiger charge is 2.10. The lowest BCUT2D eigenvalue weighted by Crippen LogP contribution is -2.04. The zero-order valence-corrected chi connectivity index (χ0v) is 20.7. The van der Waals surface area contributed by atoms with Gasteiger partial charge in [0.15, 0.2) is 0 Å². The Hall–Kier alpha value is -2.33. The van der Waals surface area contributed by atoms with Gasteiger partial charge in [-0.25, -0.2) is 4.98 Å². The van der Waals surface area contributed by atoms with E-state index in [1.165, 1.54) is 0 Å². The monoisotopic (exact) mass is 471 g/mol. The lowest BCUT2D eigenvalue weighted by Gasteiger charge is -2.14. The summed E-state index contributed by atoms with van der Waals surface area (Å²) in [5.41, 5.74) is 5.20. The fraction of sp³-hybridized carbons (Fsp3) is 0.208. The molecule has 0 radical (unpaired) electrons. The number of anilines is 2. The number of thiazole rings is 1. The van der Waals surface area contributed by atoms with Gasteiger partial charge in [0, 0.05) is 23.2 Å². The van der Waals surface area contributed by atoms with Crippen molar-refractivity contribution in [2.75, 3.05) is 24.0 Å². The van der Waals surface area contributed by atoms with Crippen LogP contribution in [0.2, 0.25) is 0 Å². The molecular formula is C24H27ClN3OPS. The molecule has 2 N–H and O–H groups in total. The van der Waals surface area contributed by atoms with Gasteiger partial charge in [0.05, 0.1) is 33.1 Å². The molecule has 0 fully saturated rings. The van der Waals surface area contributed by atoms with Crippen LogP contribution in [-0.4, -0.2) is 18.3 Å². The minimum atomic E-state index is -2.14. The Bertz CT molecular complexity index is 1220. The number of halogens is 1. The van der Waals surface area contributed by atoms with E-state index in [0.29, 0.717) is 16.9 Å². The fourth-order valence-electron chi connectivity index (χ4n) is 3.18. The molecule has 7 heteroatoms. The summed E-state index contributed by atoms with van der Waals surface area (Å²) in [7, 11) is -2.14. The van der Waals surface area contributed by atoms with Crippen molar-refractivity contribution in [3.8, 4) is 0 Å². The molecule has 0 spiro atoms. The number of rotatable bonds is 8. The molecule has 0 aliphatic rings. The van der Waals surface area contributed by atoms with Crippen molar-refractivity contribution in [3.63, 3.8) is 0 Å². The molecule has 4 nitrogen and oxygen atoms in total. The smallest absolute Gasteiger partial charge is 0.0907 e. The van der Waals surface area contributed by atoms with Gasteiger partial charge in [-0.3, -0.25) is 0 Å². The van der Waals surface area contributed by atoms with E-state index in [9.17, 15) is 4.57 Å². The second kappa shape index (κ2) is 9.86. The number of nitrogens with one attached hydrogen (secondary N) is 2. The summed E-state index contributed by atoms with van der Waals surface area (Å²) >= 11 is 8.14. The summed E-state index contributed by atoms with van der Waals surface area (Å²) in [6.45, 7) is 11.6. The first-order valence-electron chi connectivity index (χ1n) is 9.90. The van der Waals surface area contributed by atoms with Crippen LogP contribution in [0.25, 0.3) is 10.2 Å². The van der Waals surface area contributed by atoms with Crippen LogP contribution in [0.4, 0.5) is 11.4 Å². The van der Waals surface area contributed by atoms with Gasteiger partial charge in [-0.1, -0.05) is 36.4 Å². The highest BCUT2D eigenvalue weighted by Crippen LogP contribution is 2.40. The van der Waals surface area contributed by atoms with Gasteiger partial charge < -0.3 is 15.2 Å². The van der Waals surface area contributed by atoms with E-state index < -0.39 is 7.14 Å². The molecule has 0 saturated carbocycles. The van der Waals surface area contributed by atoms with E-state index >= 15 is 0 Å². The number of benzene rings is 2. The molecule has 0 bridgehead atoms. The van der Waals surface area contributed by atoms with Crippen molar-refractivity contribution in [1.29, 1.82) is 0 Å². The average molecular weight is 472 g/mol. The predicted octanol–water partition coefficient (Wildman–Crippen LogP) is 7.79. The van der Waals surface area contributed by atoms with Gasteiger partial charge in [-0.05, 0) is 69.1 Å². The van der Waals surface area contributed by atoms with Gasteiger partial charge in [0.1, 0.15) is 0 Å². The van der Waals surface area contributed by atoms with Crippen molar-refractivity contribution < 1.29 is 4.57 Å². The molecule has 31 heavy (non-hydrogen) atoms. The minimum Gasteiger partial charge on any atom is -0.356 e. The van der Waals surface area contributed by atoms with Crippen LogP contribution in [-0.2, 0) is 10.7 Å². The van der Waals surface area contributed by atoms with Crippen molar-refractivity contribution >= 4 is 51.7 Å². The molecular weight excluding hydrogens is 445 g/mol. The molecule has 0 saturated heterocycles. The number of hydrogen-bond donors (Lipinski definition) is 2. The van der Waals surface area contributed by atoms with E-state index in [0.717, 1.165) is 37.9 Å². The van der Waals surface area contributed by atoms with Gasteiger partial charge in [-0.15, -0.1) is 11.3 Å². The van der Waals surface area contributed by atoms with Crippen LogP contribution in [0.1, 0.15) is 17.5 Å². The van der Waals surface area contributed by atoms with Crippen molar-refractivity contribution in [2.45, 2.75) is 20.0 Å². The van der Waals surface area contributed by atoms with Gasteiger partial charge in [-0.2, -0.15) is 0 Å². The maximum absolute atomic E-state index is 12.1. The van der Waals surface area contributed by atoms with Crippen LogP contribution >= 0.6 is 30.1 Å². The van der Waals surface area contributed by atoms with Crippen LogP contribution in [0, 0.1) is 6.92 Å². The number of allylic oxidation sites excluding steroid dienone is 3. The van der Waals surface area contributed by atoms with Crippen molar-refractivity contribution in [3.05, 3.63) is 88.2 Å². The molecule has 0 aliphatic heterocycles. The second-order valence-electron chi connectivity index (χ2n) is 7.82. The molecule has 0 amide bonds. The van der Waals surface area contributed by atoms with E-state index in [1.54, 1.807) is 24.7 Å². The predicted molar refractivity (Wildman–Crippen MR) is 138 cm³/mol. The van der Waals surface area contributed by atoms with E-state index in [4.69, 9.17) is 11.6 Å². The Morgan fingerprint density at radius 1 is 1.19 bits per heavy atom. The van der Waals surface area contributed by atoms with Gasteiger partial charge in [0.25, 0.3) is 0 Å². The molecule has 2 aromatic carbocycles. The third-order valence-corrected chi connectivity index (χ3v) is 6.90. The van der Waals surface area contributed by atoms with Crippen LogP contribution in [0.3, 0.4) is 0 Å². The molecule has 3 rings (SSSR count). The number of nitrogens with zero attached hydrogens (tertiary/aromatic N) is 1. The van der Waals surface area contributed by atoms with Crippen molar-refractivity contribution in [2.24, 2.45) is 0 Å². The molecule has 0 atom stereocenters. The van der Waals surface area contributed by atoms with Gasteiger partial charge in [0.2, 0.25) is 0 Å². The quantitative estimate of drug-likeness (QED) is 0.260. The van der Waals surface area contributed by atoms with E-state index in [-0.39, 0.29) is 0 Å². The Morgan fingerprint density at radius 3 is 2.65 bits per heavy atom. The molecule has 0 aliphatic carbocycles. The molecule has 0 unspecified atom stereocenters. The third kappa shape index (κ3) is 6.83. The number of hydrogen-bond acceptors (Lipinski definition) is 5. The largest absolute Gasteiger partial charge is 0.356 e. The Kier molecular flexibility index (Phi) is 7.42. The topological polar surface area (TPSA) is 54.0 Å². The molecule has 162 valence electrons. The highest BCUT2D eigenvalue weighted by molar-refractivity contribution is 7.61. The Balaban J connectivity index is 1.80. The Morgan fingerprint density at radius 2 is 1.94 bits per heavy atom. The molecule has 3 aromatic rings. The van der Waals surface area contributed by atoms with Crippen LogP contribution in [0.5, 0.6) is 0 Å². The van der Waals surface area contributed by atoms with Crippen LogP contribution < -0.4 is 10.6 Å². The highest BCUT2D eigenvalue weighted by atomic mass is 35.5. The zero-order valence-electron chi connectivity index (χ0n) is 18.2. The first-order chi connectivity index (χ1) is 14.6. The average Bonchev–Trinajstić information content (AvgIpc) is 3.05. The summed E-state index contributed by atoms with van der Waals surface area (Å²) in [5, 5.41) is 8.30. The van der Waals surface area contributed by atoms with Gasteiger partial charge >= 0.3 is 0 Å². The second-order valence-corrected chi connectivity index (χ2v) is 12.9. The maximum atomic E-state index is 12.1. The summed E-state index contributed by atoms with van der Waals surface area (Å²) < 4.78 is 13.3. The number of fused-ring (bicyclic) bond motifs is 1. The summed E-state index contributed by atoms with van der Waals surface area (Å²) in [6.07, 6.45) is 4.27. The molecule has 1 heterocycles. The summed E-state index contributed by atoms with van der Waals surface area (Å²) in [6, 6.07) is 14.0. The lowest BCUT2D eigenvalue weighted by atomic mass is 10.2. The van der Waals surface area contributed by atoms with Crippen molar-refractivity contribution in [1.82, 2.24) is 4.98 Å². The van der Waals surface area contributed by atoms with Crippen LogP contribution in [0.15, 0.2) is 77.6 Å². The summed E-state index contributed by atoms with van der Waals surface area (Å²) in [5.74, 6) is 0. The fourth-order valence-corrected chi connectivity index (χ4v) is 5.16. The minimum absolute atomic E-state index is 0.570. The normalized spacial score (nSPS) is 12.8. The third-order valence-electron chi connectivity index (χ3n) is 4.40. The first kappa shape index (κ1) is 23.3. The standard InChI is InChI=1S/C24H27ClN3OPS/c1-6-21(25)22(28-20-10-11-24-23(14-20)27-17(3)31-24)12-16(2)26-19-9-7-8-18(13-19)15-30(4,5)29/h6-14,26,28H,2,15H2,1,3-5H3/b21-6+,22-12+. The Labute approximate surface area is 193 Å². The SMILES string of the molecule is C=C(/C=C(Nc1ccc2sc(C)nc2c1)\C(Cl)=C/C)Nc1cccc(CP(C)(C)=O)c1. The zero-order chi connectivity index (χ0) is 22.6. The lowest BCUT2D eigenvalue weighted by molar-refractivity contribution is 0.582. The number of aryl methyl sites for hydroxylation is 1. The summed E-state index contributed by atoms with van der Waals surface area (Å²) in [4.78, 5) is 4.56. The first-order valence-corrected chi connectivity index (χ1v) is 13.9. The van der Waals surface area contributed by atoms with E-state index in [1.807, 2.05) is 62.4 Å². The van der Waals surface area contributed by atoms with E-state index in [2.05, 4.69) is 28.3 Å².